The van der Waals surface area contributed by atoms with Gasteiger partial charge in [-0.1, -0.05) is 0 Å². The lowest BCUT2D eigenvalue weighted by Gasteiger charge is -2.21. The number of hydrogen-bond acceptors (Lipinski definition) is 5. The second-order valence-electron chi connectivity index (χ2n) is 6.39. The lowest BCUT2D eigenvalue weighted by molar-refractivity contribution is 0.0120. The van der Waals surface area contributed by atoms with Crippen molar-refractivity contribution in [1.29, 1.82) is 0 Å². The smallest absolute Gasteiger partial charge is 0.407 e. The molecule has 7 nitrogen and oxygen atoms in total. The SMILES string of the molecule is CC(C)(C)OC(=O)NCCC(O)C(O)c1cc(F)c(C(=O)O)c(F)c1. The number of aliphatic hydroxyl groups excluding tert-OH is 2. The molecule has 1 aromatic rings. The number of carboxylic acid groups (broad SMARTS) is 1. The second kappa shape index (κ2) is 8.21. The van der Waals surface area contributed by atoms with Gasteiger partial charge in [-0.3, -0.25) is 0 Å². The van der Waals surface area contributed by atoms with Gasteiger partial charge in [0, 0.05) is 6.54 Å². The fraction of sp³-hybridized carbons (Fsp3) is 0.500. The van der Waals surface area contributed by atoms with E-state index in [4.69, 9.17) is 9.84 Å². The highest BCUT2D eigenvalue weighted by atomic mass is 19.1. The zero-order valence-electron chi connectivity index (χ0n) is 14.0. The zero-order chi connectivity index (χ0) is 19.4. The summed E-state index contributed by atoms with van der Waals surface area (Å²) in [7, 11) is 0. The van der Waals surface area contributed by atoms with Crippen molar-refractivity contribution < 1.29 is 38.4 Å². The Morgan fingerprint density at radius 1 is 1.20 bits per heavy atom. The zero-order valence-corrected chi connectivity index (χ0v) is 14.0. The summed E-state index contributed by atoms with van der Waals surface area (Å²) in [6.07, 6.45) is -3.93. The molecule has 0 bridgehead atoms. The molecule has 0 radical (unpaired) electrons. The number of halogens is 2. The third kappa shape index (κ3) is 6.28. The molecular formula is C16H21F2NO6. The van der Waals surface area contributed by atoms with Crippen LogP contribution in [0.5, 0.6) is 0 Å². The average Bonchev–Trinajstić information content (AvgIpc) is 2.42. The van der Waals surface area contributed by atoms with E-state index in [1.807, 2.05) is 0 Å². The third-order valence-electron chi connectivity index (χ3n) is 3.09. The highest BCUT2D eigenvalue weighted by Crippen LogP contribution is 2.23. The summed E-state index contributed by atoms with van der Waals surface area (Å²) in [4.78, 5) is 22.2. The van der Waals surface area contributed by atoms with Crippen molar-refractivity contribution in [1.82, 2.24) is 5.32 Å². The summed E-state index contributed by atoms with van der Waals surface area (Å²) in [6, 6.07) is 1.28. The van der Waals surface area contributed by atoms with Crippen molar-refractivity contribution in [3.05, 3.63) is 34.9 Å². The molecule has 140 valence electrons. The van der Waals surface area contributed by atoms with Gasteiger partial charge in [0.1, 0.15) is 28.9 Å². The molecule has 0 aliphatic rings. The summed E-state index contributed by atoms with van der Waals surface area (Å²) in [6.45, 7) is 4.98. The van der Waals surface area contributed by atoms with Gasteiger partial charge in [-0.15, -0.1) is 0 Å². The Morgan fingerprint density at radius 2 is 1.72 bits per heavy atom. The number of amides is 1. The van der Waals surface area contributed by atoms with Crippen LogP contribution in [0, 0.1) is 11.6 Å². The number of carbonyl (C=O) groups is 2. The Balaban J connectivity index is 2.66. The molecule has 0 heterocycles. The minimum Gasteiger partial charge on any atom is -0.477 e. The maximum absolute atomic E-state index is 13.6. The molecule has 25 heavy (non-hydrogen) atoms. The van der Waals surface area contributed by atoms with Crippen LogP contribution in [0.4, 0.5) is 13.6 Å². The van der Waals surface area contributed by atoms with E-state index in [0.717, 1.165) is 0 Å². The van der Waals surface area contributed by atoms with E-state index < -0.39 is 47.1 Å². The number of carbonyl (C=O) groups excluding carboxylic acids is 1. The van der Waals surface area contributed by atoms with Crippen LogP contribution in [0.1, 0.15) is 49.2 Å². The van der Waals surface area contributed by atoms with Crippen LogP contribution in [-0.4, -0.2) is 45.6 Å². The van der Waals surface area contributed by atoms with E-state index in [1.54, 1.807) is 20.8 Å². The van der Waals surface area contributed by atoms with Crippen molar-refractivity contribution in [3.8, 4) is 0 Å². The first-order chi connectivity index (χ1) is 11.4. The van der Waals surface area contributed by atoms with E-state index in [1.165, 1.54) is 0 Å². The molecule has 1 aromatic carbocycles. The monoisotopic (exact) mass is 361 g/mol. The van der Waals surface area contributed by atoms with Crippen LogP contribution in [-0.2, 0) is 4.74 Å². The van der Waals surface area contributed by atoms with Gasteiger partial charge in [0.25, 0.3) is 0 Å². The van der Waals surface area contributed by atoms with Crippen LogP contribution >= 0.6 is 0 Å². The topological polar surface area (TPSA) is 116 Å². The molecule has 0 aliphatic carbocycles. The van der Waals surface area contributed by atoms with Gasteiger partial charge in [-0.25, -0.2) is 18.4 Å². The Labute approximate surface area is 143 Å². The summed E-state index contributed by atoms with van der Waals surface area (Å²) < 4.78 is 32.2. The van der Waals surface area contributed by atoms with Gasteiger partial charge in [0.2, 0.25) is 0 Å². The predicted molar refractivity (Wildman–Crippen MR) is 83.1 cm³/mol. The number of carboxylic acids is 1. The first-order valence-corrected chi connectivity index (χ1v) is 7.47. The number of aromatic carboxylic acids is 1. The molecule has 0 aliphatic heterocycles. The van der Waals surface area contributed by atoms with Gasteiger partial charge in [0.05, 0.1) is 6.10 Å². The molecule has 9 heteroatoms. The average molecular weight is 361 g/mol. The Bertz CT molecular complexity index is 621. The molecule has 0 fully saturated rings. The van der Waals surface area contributed by atoms with Gasteiger partial charge in [-0.2, -0.15) is 0 Å². The minimum absolute atomic E-state index is 0.0503. The van der Waals surface area contributed by atoms with E-state index in [0.29, 0.717) is 12.1 Å². The van der Waals surface area contributed by atoms with Crippen molar-refractivity contribution in [2.45, 2.75) is 45.0 Å². The molecule has 2 unspecified atom stereocenters. The normalized spacial score (nSPS) is 13.9. The Hall–Kier alpha value is -2.26. The largest absolute Gasteiger partial charge is 0.477 e. The lowest BCUT2D eigenvalue weighted by Crippen LogP contribution is -2.34. The number of nitrogens with one attached hydrogen (secondary N) is 1. The van der Waals surface area contributed by atoms with Crippen LogP contribution in [0.2, 0.25) is 0 Å². The van der Waals surface area contributed by atoms with Crippen molar-refractivity contribution in [2.24, 2.45) is 0 Å². The van der Waals surface area contributed by atoms with E-state index in [9.17, 15) is 28.6 Å². The van der Waals surface area contributed by atoms with E-state index in [2.05, 4.69) is 5.32 Å². The summed E-state index contributed by atoms with van der Waals surface area (Å²) >= 11 is 0. The van der Waals surface area contributed by atoms with Crippen LogP contribution in [0.3, 0.4) is 0 Å². The van der Waals surface area contributed by atoms with Crippen molar-refractivity contribution in [2.75, 3.05) is 6.54 Å². The molecule has 0 spiro atoms. The predicted octanol–water partition coefficient (Wildman–Crippen LogP) is 1.97. The number of hydrogen-bond donors (Lipinski definition) is 4. The number of ether oxygens (including phenoxy) is 1. The summed E-state index contributed by atoms with van der Waals surface area (Å²) in [5.74, 6) is -4.50. The second-order valence-corrected chi connectivity index (χ2v) is 6.39. The van der Waals surface area contributed by atoms with Crippen LogP contribution in [0.25, 0.3) is 0 Å². The maximum atomic E-state index is 13.6. The number of aliphatic hydroxyl groups is 2. The van der Waals surface area contributed by atoms with Crippen molar-refractivity contribution in [3.63, 3.8) is 0 Å². The van der Waals surface area contributed by atoms with Crippen LogP contribution in [0.15, 0.2) is 12.1 Å². The molecule has 0 saturated heterocycles. The molecule has 0 aromatic heterocycles. The number of benzene rings is 1. The van der Waals surface area contributed by atoms with Gasteiger partial charge in [-0.05, 0) is 44.9 Å². The highest BCUT2D eigenvalue weighted by molar-refractivity contribution is 5.88. The lowest BCUT2D eigenvalue weighted by atomic mass is 10.00. The van der Waals surface area contributed by atoms with E-state index >= 15 is 0 Å². The molecular weight excluding hydrogens is 340 g/mol. The maximum Gasteiger partial charge on any atom is 0.407 e. The summed E-state index contributed by atoms with van der Waals surface area (Å²) in [5, 5.41) is 30.9. The minimum atomic E-state index is -1.78. The molecule has 4 N–H and O–H groups in total. The number of alkyl carbamates (subject to hydrolysis) is 1. The number of rotatable bonds is 6. The van der Waals surface area contributed by atoms with E-state index in [-0.39, 0.29) is 18.5 Å². The Kier molecular flexibility index (Phi) is 6.83. The summed E-state index contributed by atoms with van der Waals surface area (Å²) in [5.41, 5.74) is -2.15. The fourth-order valence-electron chi connectivity index (χ4n) is 1.98. The highest BCUT2D eigenvalue weighted by Gasteiger charge is 2.24. The fourth-order valence-corrected chi connectivity index (χ4v) is 1.98. The molecule has 1 rings (SSSR count). The first kappa shape index (κ1) is 20.8. The van der Waals surface area contributed by atoms with Gasteiger partial charge < -0.3 is 25.4 Å². The quantitative estimate of drug-likeness (QED) is 0.616. The molecule has 2 atom stereocenters. The standard InChI is InChI=1S/C16H21F2NO6/c1-16(2,3)25-15(24)19-5-4-11(20)13(21)8-6-9(17)12(14(22)23)10(18)7-8/h6-7,11,13,20-21H,4-5H2,1-3H3,(H,19,24)(H,22,23). The Morgan fingerprint density at radius 3 is 2.16 bits per heavy atom. The molecule has 1 amide bonds. The van der Waals surface area contributed by atoms with Gasteiger partial charge >= 0.3 is 12.1 Å². The molecule has 0 saturated carbocycles. The first-order valence-electron chi connectivity index (χ1n) is 7.47. The van der Waals surface area contributed by atoms with Crippen LogP contribution < -0.4 is 5.32 Å². The van der Waals surface area contributed by atoms with Gasteiger partial charge in [0.15, 0.2) is 0 Å². The van der Waals surface area contributed by atoms with Crippen molar-refractivity contribution >= 4 is 12.1 Å². The third-order valence-corrected chi connectivity index (χ3v) is 3.09.